The molecule has 29 heavy (non-hydrogen) atoms. The van der Waals surface area contributed by atoms with Gasteiger partial charge in [0.25, 0.3) is 0 Å². The van der Waals surface area contributed by atoms with Crippen molar-refractivity contribution >= 4 is 46.4 Å². The van der Waals surface area contributed by atoms with Gasteiger partial charge in [0, 0.05) is 12.1 Å². The molecule has 1 atom stereocenters. The Balaban J connectivity index is 2.11. The van der Waals surface area contributed by atoms with Gasteiger partial charge in [-0.25, -0.2) is 0 Å². The molecule has 1 rings (SSSR count). The number of benzene rings is 1. The van der Waals surface area contributed by atoms with Crippen LogP contribution in [-0.2, 0) is 4.79 Å². The second kappa shape index (κ2) is 16.1. The van der Waals surface area contributed by atoms with E-state index >= 15 is 0 Å². The van der Waals surface area contributed by atoms with Gasteiger partial charge in [-0.2, -0.15) is 0 Å². The summed E-state index contributed by atoms with van der Waals surface area (Å²) in [4.78, 5) is 12.2. The molecule has 0 bridgehead atoms. The third-order valence-electron chi connectivity index (χ3n) is 4.97. The predicted octanol–water partition coefficient (Wildman–Crippen LogP) is 8.00. The Kier molecular flexibility index (Phi) is 14.7. The number of rotatable bonds is 16. The molecule has 6 heteroatoms. The highest BCUT2D eigenvalue weighted by Crippen LogP contribution is 2.31. The number of halogens is 3. The van der Waals surface area contributed by atoms with E-state index in [9.17, 15) is 4.79 Å². The Morgan fingerprint density at radius 3 is 1.79 bits per heavy atom. The van der Waals surface area contributed by atoms with Crippen LogP contribution < -0.4 is 10.6 Å². The lowest BCUT2D eigenvalue weighted by Gasteiger charge is -2.27. The van der Waals surface area contributed by atoms with Gasteiger partial charge in [-0.15, -0.1) is 0 Å². The highest BCUT2D eigenvalue weighted by atomic mass is 35.6. The number of hydrogen-bond donors (Lipinski definition) is 2. The molecule has 1 aromatic rings. The molecule has 1 aromatic carbocycles. The molecule has 2 N–H and O–H groups in total. The van der Waals surface area contributed by atoms with E-state index in [1.54, 1.807) is 0 Å². The van der Waals surface area contributed by atoms with Gasteiger partial charge in [-0.1, -0.05) is 131 Å². The van der Waals surface area contributed by atoms with Crippen molar-refractivity contribution in [3.63, 3.8) is 0 Å². The normalized spacial score (nSPS) is 12.6. The van der Waals surface area contributed by atoms with Crippen molar-refractivity contribution in [2.45, 2.75) is 100 Å². The van der Waals surface area contributed by atoms with Gasteiger partial charge in [-0.3, -0.25) is 4.79 Å². The summed E-state index contributed by atoms with van der Waals surface area (Å²) in [6.45, 7) is 2.25. The first kappa shape index (κ1) is 26.4. The zero-order valence-electron chi connectivity index (χ0n) is 17.7. The molecule has 0 aliphatic carbocycles. The van der Waals surface area contributed by atoms with Crippen LogP contribution in [0.5, 0.6) is 0 Å². The van der Waals surface area contributed by atoms with E-state index in [4.69, 9.17) is 34.8 Å². The van der Waals surface area contributed by atoms with E-state index in [-0.39, 0.29) is 5.91 Å². The Bertz CT molecular complexity index is 535. The molecule has 1 amide bonds. The maximum Gasteiger partial charge on any atom is 0.228 e. The van der Waals surface area contributed by atoms with Crippen molar-refractivity contribution in [3.05, 3.63) is 30.3 Å². The van der Waals surface area contributed by atoms with Gasteiger partial charge in [0.1, 0.15) is 6.17 Å². The molecule has 0 heterocycles. The van der Waals surface area contributed by atoms with Crippen LogP contribution in [0.1, 0.15) is 90.4 Å². The molecule has 0 spiro atoms. The van der Waals surface area contributed by atoms with Crippen LogP contribution in [0.3, 0.4) is 0 Å². The van der Waals surface area contributed by atoms with Crippen molar-refractivity contribution in [3.8, 4) is 0 Å². The Labute approximate surface area is 192 Å². The van der Waals surface area contributed by atoms with E-state index in [1.165, 1.54) is 64.2 Å². The first-order valence-electron chi connectivity index (χ1n) is 11.1. The third-order valence-corrected chi connectivity index (χ3v) is 5.63. The second-order valence-electron chi connectivity index (χ2n) is 7.69. The average molecular weight is 464 g/mol. The molecule has 0 fully saturated rings. The minimum atomic E-state index is -1.64. The molecule has 0 aromatic heterocycles. The second-order valence-corrected chi connectivity index (χ2v) is 10.1. The summed E-state index contributed by atoms with van der Waals surface area (Å²) in [6, 6.07) is 9.39. The fourth-order valence-corrected chi connectivity index (χ4v) is 3.59. The Morgan fingerprint density at radius 2 is 1.31 bits per heavy atom. The summed E-state index contributed by atoms with van der Waals surface area (Å²) in [7, 11) is 0. The van der Waals surface area contributed by atoms with Gasteiger partial charge in [-0.05, 0) is 18.6 Å². The number of hydrogen-bond acceptors (Lipinski definition) is 2. The maximum atomic E-state index is 12.2. The highest BCUT2D eigenvalue weighted by molar-refractivity contribution is 6.68. The summed E-state index contributed by atoms with van der Waals surface area (Å²) in [5.74, 6) is -0.100. The van der Waals surface area contributed by atoms with E-state index in [2.05, 4.69) is 17.6 Å². The highest BCUT2D eigenvalue weighted by Gasteiger charge is 2.33. The van der Waals surface area contributed by atoms with Gasteiger partial charge >= 0.3 is 0 Å². The molecular weight excluding hydrogens is 427 g/mol. The van der Waals surface area contributed by atoms with Gasteiger partial charge in [0.05, 0.1) is 0 Å². The topological polar surface area (TPSA) is 41.1 Å². The van der Waals surface area contributed by atoms with Gasteiger partial charge in [0.2, 0.25) is 9.70 Å². The van der Waals surface area contributed by atoms with E-state index < -0.39 is 9.96 Å². The van der Waals surface area contributed by atoms with Crippen LogP contribution >= 0.6 is 34.8 Å². The fourth-order valence-electron chi connectivity index (χ4n) is 3.26. The van der Waals surface area contributed by atoms with Crippen LogP contribution in [0.4, 0.5) is 5.69 Å². The molecule has 166 valence electrons. The monoisotopic (exact) mass is 462 g/mol. The number of unbranched alkanes of at least 4 members (excludes halogenated alkanes) is 11. The minimum Gasteiger partial charge on any atom is -0.362 e. The van der Waals surface area contributed by atoms with Crippen LogP contribution in [0.25, 0.3) is 0 Å². The first-order valence-corrected chi connectivity index (χ1v) is 12.2. The molecular formula is C23H37Cl3N2O. The summed E-state index contributed by atoms with van der Waals surface area (Å²) < 4.78 is -1.64. The zero-order valence-corrected chi connectivity index (χ0v) is 20.0. The standard InChI is InChI=1S/C23H37Cl3N2O/c1-2-3-4-5-6-7-8-9-10-11-12-16-19-21(29)28-22(23(24,25)26)27-20-17-14-13-15-18-20/h13-15,17-18,22,27H,2-12,16,19H2,1H3,(H,28,29)/t22-/m1/s1. The maximum absolute atomic E-state index is 12.2. The Hall–Kier alpha value is -0.640. The number of carbonyl (C=O) groups is 1. The fraction of sp³-hybridized carbons (Fsp3) is 0.696. The minimum absolute atomic E-state index is 0.100. The van der Waals surface area contributed by atoms with Crippen molar-refractivity contribution in [1.29, 1.82) is 0 Å². The first-order chi connectivity index (χ1) is 13.9. The molecule has 0 radical (unpaired) electrons. The molecule has 0 saturated carbocycles. The smallest absolute Gasteiger partial charge is 0.228 e. The number of anilines is 1. The number of nitrogens with one attached hydrogen (secondary N) is 2. The SMILES string of the molecule is CCCCCCCCCCCCCCC(=O)N[C@@H](Nc1ccccc1)C(Cl)(Cl)Cl. The molecule has 0 saturated heterocycles. The largest absolute Gasteiger partial charge is 0.362 e. The third kappa shape index (κ3) is 14.1. The van der Waals surface area contributed by atoms with Crippen molar-refractivity contribution in [2.75, 3.05) is 5.32 Å². The van der Waals surface area contributed by atoms with Gasteiger partial charge < -0.3 is 10.6 Å². The lowest BCUT2D eigenvalue weighted by Crippen LogP contribution is -2.49. The average Bonchev–Trinajstić information content (AvgIpc) is 2.68. The van der Waals surface area contributed by atoms with E-state index in [1.807, 2.05) is 30.3 Å². The summed E-state index contributed by atoms with van der Waals surface area (Å²) in [6.07, 6.45) is 14.9. The molecule has 3 nitrogen and oxygen atoms in total. The van der Waals surface area contributed by atoms with E-state index in [0.717, 1.165) is 18.5 Å². The van der Waals surface area contributed by atoms with Crippen molar-refractivity contribution in [1.82, 2.24) is 5.32 Å². The van der Waals surface area contributed by atoms with Crippen LogP contribution in [0.15, 0.2) is 30.3 Å². The lowest BCUT2D eigenvalue weighted by molar-refractivity contribution is -0.121. The van der Waals surface area contributed by atoms with Crippen LogP contribution in [0, 0.1) is 0 Å². The zero-order chi connectivity index (χ0) is 21.4. The molecule has 0 unspecified atom stereocenters. The van der Waals surface area contributed by atoms with Crippen molar-refractivity contribution < 1.29 is 4.79 Å². The summed E-state index contributed by atoms with van der Waals surface area (Å²) >= 11 is 18.1. The Morgan fingerprint density at radius 1 is 0.828 bits per heavy atom. The molecule has 0 aliphatic rings. The van der Waals surface area contributed by atoms with Crippen LogP contribution in [0.2, 0.25) is 0 Å². The number of alkyl halides is 3. The predicted molar refractivity (Wildman–Crippen MR) is 128 cm³/mol. The number of amides is 1. The summed E-state index contributed by atoms with van der Waals surface area (Å²) in [5, 5.41) is 5.87. The van der Waals surface area contributed by atoms with Crippen LogP contribution in [-0.4, -0.2) is 15.9 Å². The molecule has 0 aliphatic heterocycles. The van der Waals surface area contributed by atoms with Gasteiger partial charge in [0.15, 0.2) is 0 Å². The number of carbonyl (C=O) groups excluding carboxylic acids is 1. The van der Waals surface area contributed by atoms with E-state index in [0.29, 0.717) is 6.42 Å². The lowest BCUT2D eigenvalue weighted by atomic mass is 10.0. The quantitative estimate of drug-likeness (QED) is 0.148. The number of para-hydroxylation sites is 1. The summed E-state index contributed by atoms with van der Waals surface area (Å²) in [5.41, 5.74) is 0.787. The van der Waals surface area contributed by atoms with Crippen molar-refractivity contribution in [2.24, 2.45) is 0 Å².